The summed E-state index contributed by atoms with van der Waals surface area (Å²) in [5.74, 6) is 1.43. The number of aryl methyl sites for hydroxylation is 1. The van der Waals surface area contributed by atoms with Crippen molar-refractivity contribution in [2.45, 2.75) is 32.1 Å². The molecule has 1 aliphatic heterocycles. The van der Waals surface area contributed by atoms with Crippen LogP contribution in [0.1, 0.15) is 30.4 Å². The first-order valence-corrected chi connectivity index (χ1v) is 10.4. The molecule has 1 saturated heterocycles. The zero-order valence-corrected chi connectivity index (χ0v) is 17.1. The van der Waals surface area contributed by atoms with Crippen LogP contribution in [0.3, 0.4) is 0 Å². The highest BCUT2D eigenvalue weighted by Gasteiger charge is 2.22. The lowest BCUT2D eigenvalue weighted by atomic mass is 9.90. The SMILES string of the molecule is COc1ccc(CCC2CCN(C(=O)CNC(=O)Cc3ccccc3)CC2)cc1. The van der Waals surface area contributed by atoms with Crippen LogP contribution in [0.4, 0.5) is 0 Å². The minimum atomic E-state index is -0.112. The minimum absolute atomic E-state index is 0.0139. The molecular formula is C24H30N2O3. The van der Waals surface area contributed by atoms with E-state index < -0.39 is 0 Å². The Kier molecular flexibility index (Phi) is 7.68. The number of likely N-dealkylation sites (tertiary alicyclic amines) is 1. The van der Waals surface area contributed by atoms with Gasteiger partial charge < -0.3 is 15.0 Å². The summed E-state index contributed by atoms with van der Waals surface area (Å²) in [5.41, 5.74) is 2.28. The van der Waals surface area contributed by atoms with Gasteiger partial charge in [0, 0.05) is 13.1 Å². The summed E-state index contributed by atoms with van der Waals surface area (Å²) >= 11 is 0. The van der Waals surface area contributed by atoms with Crippen LogP contribution in [0.2, 0.25) is 0 Å². The number of hydrogen-bond donors (Lipinski definition) is 1. The van der Waals surface area contributed by atoms with E-state index in [2.05, 4.69) is 17.4 Å². The molecule has 2 aromatic rings. The molecular weight excluding hydrogens is 364 g/mol. The second-order valence-corrected chi connectivity index (χ2v) is 7.65. The predicted octanol–water partition coefficient (Wildman–Crippen LogP) is 3.23. The van der Waals surface area contributed by atoms with Crippen LogP contribution in [0.15, 0.2) is 54.6 Å². The van der Waals surface area contributed by atoms with Gasteiger partial charge in [-0.15, -0.1) is 0 Å². The molecule has 0 aromatic heterocycles. The van der Waals surface area contributed by atoms with Crippen LogP contribution in [-0.2, 0) is 22.4 Å². The standard InChI is InChI=1S/C24H30N2O3/c1-29-22-11-9-19(10-12-22)7-8-20-13-15-26(16-14-20)24(28)18-25-23(27)17-21-5-3-2-4-6-21/h2-6,9-12,20H,7-8,13-18H2,1H3,(H,25,27). The van der Waals surface area contributed by atoms with Gasteiger partial charge in [-0.2, -0.15) is 0 Å². The Balaban J connectivity index is 1.34. The van der Waals surface area contributed by atoms with E-state index >= 15 is 0 Å². The Bertz CT molecular complexity index is 782. The van der Waals surface area contributed by atoms with Crippen molar-refractivity contribution in [2.24, 2.45) is 5.92 Å². The van der Waals surface area contributed by atoms with Gasteiger partial charge in [-0.25, -0.2) is 0 Å². The van der Waals surface area contributed by atoms with Crippen molar-refractivity contribution in [3.05, 3.63) is 65.7 Å². The molecule has 154 valence electrons. The minimum Gasteiger partial charge on any atom is -0.497 e. The number of carbonyl (C=O) groups excluding carboxylic acids is 2. The highest BCUT2D eigenvalue weighted by Crippen LogP contribution is 2.23. The van der Waals surface area contributed by atoms with Crippen LogP contribution in [0.25, 0.3) is 0 Å². The third kappa shape index (κ3) is 6.63. The average molecular weight is 395 g/mol. The van der Waals surface area contributed by atoms with Gasteiger partial charge in [-0.1, -0.05) is 42.5 Å². The summed E-state index contributed by atoms with van der Waals surface area (Å²) in [6.45, 7) is 1.64. The first-order valence-electron chi connectivity index (χ1n) is 10.4. The Morgan fingerprint density at radius 1 is 1.00 bits per heavy atom. The molecule has 0 spiro atoms. The summed E-state index contributed by atoms with van der Waals surface area (Å²) in [6.07, 6.45) is 4.56. The Hall–Kier alpha value is -2.82. The Morgan fingerprint density at radius 3 is 2.34 bits per heavy atom. The maximum absolute atomic E-state index is 12.4. The van der Waals surface area contributed by atoms with Crippen molar-refractivity contribution in [1.82, 2.24) is 10.2 Å². The van der Waals surface area contributed by atoms with Crippen LogP contribution in [0.5, 0.6) is 5.75 Å². The van der Waals surface area contributed by atoms with E-state index in [9.17, 15) is 9.59 Å². The number of ether oxygens (including phenoxy) is 1. The lowest BCUT2D eigenvalue weighted by Crippen LogP contribution is -2.44. The highest BCUT2D eigenvalue weighted by molar-refractivity contribution is 5.85. The van der Waals surface area contributed by atoms with E-state index in [-0.39, 0.29) is 18.4 Å². The monoisotopic (exact) mass is 394 g/mol. The summed E-state index contributed by atoms with van der Waals surface area (Å²) in [6, 6.07) is 17.8. The van der Waals surface area contributed by atoms with Crippen molar-refractivity contribution in [3.8, 4) is 5.75 Å². The zero-order chi connectivity index (χ0) is 20.5. The summed E-state index contributed by atoms with van der Waals surface area (Å²) in [7, 11) is 1.68. The first kappa shape index (κ1) is 20.9. The average Bonchev–Trinajstić information content (AvgIpc) is 2.77. The maximum atomic E-state index is 12.4. The number of nitrogens with one attached hydrogen (secondary N) is 1. The van der Waals surface area contributed by atoms with E-state index in [1.54, 1.807) is 7.11 Å². The lowest BCUT2D eigenvalue weighted by Gasteiger charge is -2.32. The molecule has 5 nitrogen and oxygen atoms in total. The van der Waals surface area contributed by atoms with Gasteiger partial charge in [0.2, 0.25) is 11.8 Å². The summed E-state index contributed by atoms with van der Waals surface area (Å²) in [5, 5.41) is 2.76. The number of hydrogen-bond acceptors (Lipinski definition) is 3. The normalized spacial score (nSPS) is 14.4. The molecule has 2 aromatic carbocycles. The van der Waals surface area contributed by atoms with Gasteiger partial charge in [0.05, 0.1) is 20.1 Å². The third-order valence-corrected chi connectivity index (χ3v) is 5.61. The molecule has 0 radical (unpaired) electrons. The summed E-state index contributed by atoms with van der Waals surface area (Å²) in [4.78, 5) is 26.3. The van der Waals surface area contributed by atoms with Gasteiger partial charge in [0.1, 0.15) is 5.75 Å². The fourth-order valence-corrected chi connectivity index (χ4v) is 3.76. The van der Waals surface area contributed by atoms with E-state index in [1.807, 2.05) is 47.4 Å². The Morgan fingerprint density at radius 2 is 1.69 bits per heavy atom. The van der Waals surface area contributed by atoms with Crippen molar-refractivity contribution in [3.63, 3.8) is 0 Å². The number of rotatable bonds is 8. The molecule has 2 amide bonds. The molecule has 1 heterocycles. The van der Waals surface area contributed by atoms with Gasteiger partial charge in [0.25, 0.3) is 0 Å². The van der Waals surface area contributed by atoms with E-state index in [0.717, 1.165) is 50.1 Å². The highest BCUT2D eigenvalue weighted by atomic mass is 16.5. The Labute approximate surface area is 173 Å². The molecule has 1 N–H and O–H groups in total. The number of amides is 2. The van der Waals surface area contributed by atoms with Crippen molar-refractivity contribution < 1.29 is 14.3 Å². The lowest BCUT2D eigenvalue weighted by molar-refractivity contribution is -0.133. The third-order valence-electron chi connectivity index (χ3n) is 5.61. The van der Waals surface area contributed by atoms with Crippen LogP contribution < -0.4 is 10.1 Å². The second kappa shape index (κ2) is 10.6. The fourth-order valence-electron chi connectivity index (χ4n) is 3.76. The molecule has 1 aliphatic rings. The van der Waals surface area contributed by atoms with Crippen LogP contribution >= 0.6 is 0 Å². The number of benzene rings is 2. The molecule has 3 rings (SSSR count). The number of methoxy groups -OCH3 is 1. The second-order valence-electron chi connectivity index (χ2n) is 7.65. The number of piperidine rings is 1. The van der Waals surface area contributed by atoms with Crippen molar-refractivity contribution >= 4 is 11.8 Å². The van der Waals surface area contributed by atoms with Gasteiger partial charge in [-0.05, 0) is 54.9 Å². The van der Waals surface area contributed by atoms with Crippen LogP contribution in [0, 0.1) is 5.92 Å². The molecule has 0 aliphatic carbocycles. The molecule has 0 unspecified atom stereocenters. The maximum Gasteiger partial charge on any atom is 0.241 e. The molecule has 5 heteroatoms. The van der Waals surface area contributed by atoms with E-state index in [1.165, 1.54) is 5.56 Å². The molecule has 29 heavy (non-hydrogen) atoms. The molecule has 1 fully saturated rings. The number of nitrogens with zero attached hydrogens (tertiary/aromatic N) is 1. The smallest absolute Gasteiger partial charge is 0.241 e. The summed E-state index contributed by atoms with van der Waals surface area (Å²) < 4.78 is 5.20. The molecule has 0 bridgehead atoms. The van der Waals surface area contributed by atoms with Gasteiger partial charge in [-0.3, -0.25) is 9.59 Å². The van der Waals surface area contributed by atoms with Gasteiger partial charge >= 0.3 is 0 Å². The predicted molar refractivity (Wildman–Crippen MR) is 114 cm³/mol. The van der Waals surface area contributed by atoms with E-state index in [0.29, 0.717) is 12.3 Å². The van der Waals surface area contributed by atoms with Crippen molar-refractivity contribution in [1.29, 1.82) is 0 Å². The first-order chi connectivity index (χ1) is 14.1. The zero-order valence-electron chi connectivity index (χ0n) is 17.1. The quantitative estimate of drug-likeness (QED) is 0.748. The van der Waals surface area contributed by atoms with E-state index in [4.69, 9.17) is 4.74 Å². The fraction of sp³-hybridized carbons (Fsp3) is 0.417. The molecule has 0 saturated carbocycles. The topological polar surface area (TPSA) is 58.6 Å². The number of carbonyl (C=O) groups is 2. The van der Waals surface area contributed by atoms with Crippen LogP contribution in [-0.4, -0.2) is 43.5 Å². The van der Waals surface area contributed by atoms with Gasteiger partial charge in [0.15, 0.2) is 0 Å². The largest absolute Gasteiger partial charge is 0.497 e. The molecule has 0 atom stereocenters. The van der Waals surface area contributed by atoms with Crippen molar-refractivity contribution in [2.75, 3.05) is 26.7 Å².